The van der Waals surface area contributed by atoms with Crippen LogP contribution in [0.15, 0.2) is 48.5 Å². The Morgan fingerprint density at radius 3 is 2.55 bits per heavy atom. The number of esters is 1. The lowest BCUT2D eigenvalue weighted by atomic mass is 10.1. The molecular formula is C23H21N3O2S3. The number of hydrogen-bond donors (Lipinski definition) is 2. The van der Waals surface area contributed by atoms with Crippen molar-refractivity contribution in [3.8, 4) is 0 Å². The number of aromatic nitrogens is 1. The SMILES string of the molecule is COC(=O)c1cc(Cc2ccccc2)sc1NC(=S)Nc1nc2cc(C)c(C)cc2s1. The van der Waals surface area contributed by atoms with E-state index in [1.165, 1.54) is 35.1 Å². The second-order valence-corrected chi connectivity index (χ2v) is 9.69. The molecule has 0 unspecified atom stereocenters. The maximum atomic E-state index is 12.3. The van der Waals surface area contributed by atoms with Gasteiger partial charge < -0.3 is 15.4 Å². The van der Waals surface area contributed by atoms with Gasteiger partial charge in [-0.25, -0.2) is 9.78 Å². The van der Waals surface area contributed by atoms with Gasteiger partial charge in [-0.1, -0.05) is 41.7 Å². The fraction of sp³-hybridized carbons (Fsp3) is 0.174. The Balaban J connectivity index is 1.53. The van der Waals surface area contributed by atoms with Gasteiger partial charge in [-0.3, -0.25) is 0 Å². The fourth-order valence-electron chi connectivity index (χ4n) is 3.15. The Labute approximate surface area is 194 Å². The minimum Gasteiger partial charge on any atom is -0.465 e. The lowest BCUT2D eigenvalue weighted by molar-refractivity contribution is 0.0602. The van der Waals surface area contributed by atoms with Gasteiger partial charge in [0.15, 0.2) is 10.2 Å². The summed E-state index contributed by atoms with van der Waals surface area (Å²) in [5.74, 6) is -0.396. The molecule has 8 heteroatoms. The zero-order chi connectivity index (χ0) is 22.0. The summed E-state index contributed by atoms with van der Waals surface area (Å²) in [6, 6.07) is 16.2. The van der Waals surface area contributed by atoms with Gasteiger partial charge in [0, 0.05) is 11.3 Å². The van der Waals surface area contributed by atoms with E-state index in [-0.39, 0.29) is 0 Å². The number of ether oxygens (including phenoxy) is 1. The molecular weight excluding hydrogens is 446 g/mol. The summed E-state index contributed by atoms with van der Waals surface area (Å²) in [6.07, 6.45) is 0.730. The number of benzene rings is 2. The average molecular weight is 468 g/mol. The number of nitrogens with zero attached hydrogens (tertiary/aromatic N) is 1. The van der Waals surface area contributed by atoms with E-state index in [2.05, 4.69) is 53.7 Å². The van der Waals surface area contributed by atoms with E-state index in [0.29, 0.717) is 20.8 Å². The number of anilines is 2. The zero-order valence-electron chi connectivity index (χ0n) is 17.3. The van der Waals surface area contributed by atoms with Crippen molar-refractivity contribution in [2.75, 3.05) is 17.7 Å². The summed E-state index contributed by atoms with van der Waals surface area (Å²) in [7, 11) is 1.38. The molecule has 0 aliphatic rings. The number of thiazole rings is 1. The number of carbonyl (C=O) groups is 1. The topological polar surface area (TPSA) is 63.2 Å². The van der Waals surface area contributed by atoms with Crippen LogP contribution in [0, 0.1) is 13.8 Å². The second-order valence-electron chi connectivity index (χ2n) is 7.11. The highest BCUT2D eigenvalue weighted by Gasteiger charge is 2.18. The van der Waals surface area contributed by atoms with Crippen LogP contribution in [-0.4, -0.2) is 23.2 Å². The molecule has 31 heavy (non-hydrogen) atoms. The van der Waals surface area contributed by atoms with E-state index in [1.54, 1.807) is 11.3 Å². The van der Waals surface area contributed by atoms with Crippen LogP contribution in [0.3, 0.4) is 0 Å². The first-order valence-electron chi connectivity index (χ1n) is 9.63. The number of thiocarbonyl (C=S) groups is 1. The van der Waals surface area contributed by atoms with Crippen molar-refractivity contribution in [1.29, 1.82) is 0 Å². The first-order valence-corrected chi connectivity index (χ1v) is 11.7. The Hall–Kier alpha value is -2.81. The lowest BCUT2D eigenvalue weighted by Crippen LogP contribution is -2.19. The van der Waals surface area contributed by atoms with Crippen molar-refractivity contribution in [3.63, 3.8) is 0 Å². The van der Waals surface area contributed by atoms with E-state index >= 15 is 0 Å². The molecule has 0 radical (unpaired) electrons. The van der Waals surface area contributed by atoms with Crippen molar-refractivity contribution in [3.05, 3.63) is 75.7 Å². The maximum Gasteiger partial charge on any atom is 0.340 e. The molecule has 0 saturated heterocycles. The molecule has 2 aromatic carbocycles. The quantitative estimate of drug-likeness (QED) is 0.271. The first kappa shape index (κ1) is 21.4. The number of fused-ring (bicyclic) bond motifs is 1. The molecule has 5 nitrogen and oxygen atoms in total. The first-order chi connectivity index (χ1) is 14.9. The number of hydrogen-bond acceptors (Lipinski definition) is 6. The molecule has 0 bridgehead atoms. The number of rotatable bonds is 5. The molecule has 2 aromatic heterocycles. The van der Waals surface area contributed by atoms with Gasteiger partial charge in [0.1, 0.15) is 5.00 Å². The normalized spacial score (nSPS) is 10.8. The third kappa shape index (κ3) is 4.92. The van der Waals surface area contributed by atoms with Crippen LogP contribution in [-0.2, 0) is 11.2 Å². The summed E-state index contributed by atoms with van der Waals surface area (Å²) < 4.78 is 6.06. The smallest absolute Gasteiger partial charge is 0.340 e. The van der Waals surface area contributed by atoms with Crippen molar-refractivity contribution in [2.24, 2.45) is 0 Å². The van der Waals surface area contributed by atoms with Crippen LogP contribution in [0.5, 0.6) is 0 Å². The van der Waals surface area contributed by atoms with E-state index in [1.807, 2.05) is 24.3 Å². The van der Waals surface area contributed by atoms with Crippen LogP contribution in [0.2, 0.25) is 0 Å². The Bertz CT molecular complexity index is 1220. The van der Waals surface area contributed by atoms with Crippen molar-refractivity contribution >= 4 is 66.3 Å². The Morgan fingerprint density at radius 2 is 1.81 bits per heavy atom. The molecule has 0 atom stereocenters. The predicted molar refractivity (Wildman–Crippen MR) is 134 cm³/mol. The van der Waals surface area contributed by atoms with Crippen LogP contribution >= 0.6 is 34.9 Å². The zero-order valence-corrected chi connectivity index (χ0v) is 19.8. The number of nitrogens with one attached hydrogen (secondary N) is 2. The molecule has 4 aromatic rings. The highest BCUT2D eigenvalue weighted by molar-refractivity contribution is 7.80. The molecule has 0 aliphatic heterocycles. The summed E-state index contributed by atoms with van der Waals surface area (Å²) in [4.78, 5) is 18.0. The van der Waals surface area contributed by atoms with Crippen LogP contribution in [0.25, 0.3) is 10.2 Å². The van der Waals surface area contributed by atoms with E-state index in [9.17, 15) is 4.79 Å². The highest BCUT2D eigenvalue weighted by Crippen LogP contribution is 2.32. The fourth-order valence-corrected chi connectivity index (χ4v) is 5.51. The number of aryl methyl sites for hydroxylation is 2. The molecule has 0 amide bonds. The predicted octanol–water partition coefficient (Wildman–Crippen LogP) is 6.16. The van der Waals surface area contributed by atoms with Gasteiger partial charge in [-0.05, 0) is 61.0 Å². The summed E-state index contributed by atoms with van der Waals surface area (Å²) >= 11 is 8.53. The van der Waals surface area contributed by atoms with Gasteiger partial charge >= 0.3 is 5.97 Å². The average Bonchev–Trinajstić information content (AvgIpc) is 3.31. The third-order valence-electron chi connectivity index (χ3n) is 4.86. The summed E-state index contributed by atoms with van der Waals surface area (Å²) in [5, 5.41) is 8.04. The second kappa shape index (κ2) is 9.13. The Morgan fingerprint density at radius 1 is 1.06 bits per heavy atom. The number of methoxy groups -OCH3 is 1. The summed E-state index contributed by atoms with van der Waals surface area (Å²) in [5.41, 5.74) is 5.02. The Kier molecular flexibility index (Phi) is 6.31. The standard InChI is InChI=1S/C23H21N3O2S3/c1-13-9-18-19(10-14(13)2)31-23(24-18)26-22(29)25-20-17(21(27)28-3)12-16(30-20)11-15-7-5-4-6-8-15/h4-10,12H,11H2,1-3H3,(H2,24,25,26,29). The summed E-state index contributed by atoms with van der Waals surface area (Å²) in [6.45, 7) is 4.16. The molecule has 2 N–H and O–H groups in total. The largest absolute Gasteiger partial charge is 0.465 e. The molecule has 0 spiro atoms. The monoisotopic (exact) mass is 467 g/mol. The van der Waals surface area contributed by atoms with Crippen molar-refractivity contribution < 1.29 is 9.53 Å². The molecule has 0 aliphatic carbocycles. The molecule has 4 rings (SSSR count). The van der Waals surface area contributed by atoms with Gasteiger partial charge in [0.05, 0.1) is 22.9 Å². The minimum absolute atomic E-state index is 0.380. The van der Waals surface area contributed by atoms with Gasteiger partial charge in [-0.2, -0.15) is 0 Å². The highest BCUT2D eigenvalue weighted by atomic mass is 32.1. The number of carbonyl (C=O) groups excluding carboxylic acids is 1. The van der Waals surface area contributed by atoms with Crippen LogP contribution in [0.4, 0.5) is 10.1 Å². The van der Waals surface area contributed by atoms with Gasteiger partial charge in [-0.15, -0.1) is 11.3 Å². The van der Waals surface area contributed by atoms with E-state index in [0.717, 1.165) is 21.5 Å². The molecule has 158 valence electrons. The van der Waals surface area contributed by atoms with E-state index in [4.69, 9.17) is 17.0 Å². The maximum absolute atomic E-state index is 12.3. The molecule has 0 saturated carbocycles. The lowest BCUT2D eigenvalue weighted by Gasteiger charge is -2.08. The van der Waals surface area contributed by atoms with Crippen LogP contribution < -0.4 is 10.6 Å². The third-order valence-corrected chi connectivity index (χ3v) is 7.05. The molecule has 0 fully saturated rings. The van der Waals surface area contributed by atoms with E-state index < -0.39 is 5.97 Å². The van der Waals surface area contributed by atoms with Crippen molar-refractivity contribution in [2.45, 2.75) is 20.3 Å². The minimum atomic E-state index is -0.396. The van der Waals surface area contributed by atoms with Gasteiger partial charge in [0.25, 0.3) is 0 Å². The van der Waals surface area contributed by atoms with Crippen LogP contribution in [0.1, 0.15) is 31.9 Å². The van der Waals surface area contributed by atoms with Gasteiger partial charge in [0.2, 0.25) is 0 Å². The number of thiophene rings is 1. The van der Waals surface area contributed by atoms with Crippen molar-refractivity contribution in [1.82, 2.24) is 4.98 Å². The molecule has 2 heterocycles.